The monoisotopic (exact) mass is 161 g/mol. The minimum absolute atomic E-state index is 0.117. The molecule has 0 spiro atoms. The third-order valence-corrected chi connectivity index (χ3v) is 1.45. The molecule has 0 saturated carbocycles. The lowest BCUT2D eigenvalue weighted by Gasteiger charge is -2.23. The molecule has 11 heavy (non-hydrogen) atoms. The van der Waals surface area contributed by atoms with Crippen LogP contribution >= 0.6 is 0 Å². The summed E-state index contributed by atoms with van der Waals surface area (Å²) in [6.45, 7) is 5.86. The molecule has 0 rings (SSSR count). The first-order valence-electron chi connectivity index (χ1n) is 3.34. The van der Waals surface area contributed by atoms with Crippen LogP contribution in [0.2, 0.25) is 0 Å². The number of hydrogen-bond acceptors (Lipinski definition) is 4. The van der Waals surface area contributed by atoms with E-state index in [0.717, 1.165) is 0 Å². The van der Waals surface area contributed by atoms with Crippen LogP contribution in [0.1, 0.15) is 20.8 Å². The van der Waals surface area contributed by atoms with Gasteiger partial charge in [0, 0.05) is 0 Å². The fraction of sp³-hybridized carbons (Fsp3) is 0.833. The standard InChI is InChI=1S/C6H15N3O2/c1-6(2,3)9(4)8-5(10)11-7/h7H2,1-4H3,(H,8,10). The topological polar surface area (TPSA) is 75.1 Å². The first-order valence-corrected chi connectivity index (χ1v) is 3.34. The summed E-state index contributed by atoms with van der Waals surface area (Å²) in [5.41, 5.74) is -0.117. The molecule has 0 saturated heterocycles. The predicted octanol–water partition coefficient (Wildman–Crippen LogP) is -2.18. The van der Waals surface area contributed by atoms with Crippen molar-refractivity contribution in [2.45, 2.75) is 26.3 Å². The van der Waals surface area contributed by atoms with E-state index in [1.54, 1.807) is 7.05 Å². The number of nitrogens with zero attached hydrogens (tertiary/aromatic N) is 1. The molecule has 1 atom stereocenters. The minimum Gasteiger partial charge on any atom is -0.529 e. The lowest BCUT2D eigenvalue weighted by Crippen LogP contribution is -3.12. The van der Waals surface area contributed by atoms with Crippen LogP contribution in [0, 0.1) is 0 Å². The molecule has 0 bridgehead atoms. The summed E-state index contributed by atoms with van der Waals surface area (Å²) >= 11 is 0. The van der Waals surface area contributed by atoms with Crippen molar-refractivity contribution in [2.24, 2.45) is 11.0 Å². The molecule has 0 radical (unpaired) electrons. The molecular weight excluding hydrogens is 146 g/mol. The van der Waals surface area contributed by atoms with Gasteiger partial charge < -0.3 is 9.94 Å². The Balaban J connectivity index is 4.17. The third-order valence-electron chi connectivity index (χ3n) is 1.45. The molecule has 5 heteroatoms. The average Bonchev–Trinajstić information content (AvgIpc) is 1.85. The molecular formula is C6H15N3O2. The van der Waals surface area contributed by atoms with Gasteiger partial charge in [0.15, 0.2) is 0 Å². The van der Waals surface area contributed by atoms with Gasteiger partial charge in [-0.3, -0.25) is 5.90 Å². The van der Waals surface area contributed by atoms with Crippen LogP contribution in [0.4, 0.5) is 0 Å². The van der Waals surface area contributed by atoms with E-state index in [2.05, 4.69) is 15.8 Å². The number of nitrogens with one attached hydrogen (secondary N) is 1. The Hall–Kier alpha value is -0.810. The summed E-state index contributed by atoms with van der Waals surface area (Å²) in [4.78, 5) is 3.89. The zero-order valence-corrected chi connectivity index (χ0v) is 7.34. The maximum Gasteiger partial charge on any atom is 0.222 e. The van der Waals surface area contributed by atoms with E-state index >= 15 is 0 Å². The lowest BCUT2D eigenvalue weighted by molar-refractivity contribution is -0.936. The lowest BCUT2D eigenvalue weighted by atomic mass is 10.1. The maximum atomic E-state index is 10.5. The van der Waals surface area contributed by atoms with Crippen molar-refractivity contribution >= 4 is 6.08 Å². The highest BCUT2D eigenvalue weighted by Gasteiger charge is 2.20. The van der Waals surface area contributed by atoms with Gasteiger partial charge in [-0.25, -0.2) is 5.01 Å². The Morgan fingerprint density at radius 3 is 2.27 bits per heavy atom. The Labute approximate surface area is 66.4 Å². The molecule has 0 heterocycles. The second-order valence-electron chi connectivity index (χ2n) is 3.33. The smallest absolute Gasteiger partial charge is 0.222 e. The van der Waals surface area contributed by atoms with E-state index in [4.69, 9.17) is 0 Å². The first-order chi connectivity index (χ1) is 4.88. The van der Waals surface area contributed by atoms with Gasteiger partial charge in [-0.1, -0.05) is 5.10 Å². The number of rotatable bonds is 1. The number of hydrogen-bond donors (Lipinski definition) is 2. The fourth-order valence-electron chi connectivity index (χ4n) is 0.331. The quantitative estimate of drug-likeness (QED) is 0.261. The largest absolute Gasteiger partial charge is 0.529 e. The van der Waals surface area contributed by atoms with Crippen LogP contribution < -0.4 is 16.0 Å². The minimum atomic E-state index is -0.752. The third kappa shape index (κ3) is 3.79. The Kier molecular flexibility index (Phi) is 3.28. The summed E-state index contributed by atoms with van der Waals surface area (Å²) in [5, 5.41) is 14.8. The van der Waals surface area contributed by atoms with Crippen molar-refractivity contribution in [3.8, 4) is 0 Å². The molecule has 0 aliphatic heterocycles. The van der Waals surface area contributed by atoms with Gasteiger partial charge in [0.1, 0.15) is 5.54 Å². The van der Waals surface area contributed by atoms with Gasteiger partial charge >= 0.3 is 0 Å². The molecule has 0 aromatic heterocycles. The summed E-state index contributed by atoms with van der Waals surface area (Å²) in [7, 11) is 1.76. The highest BCUT2D eigenvalue weighted by atomic mass is 16.7. The molecule has 0 aromatic rings. The van der Waals surface area contributed by atoms with Gasteiger partial charge in [-0.05, 0) is 20.8 Å². The van der Waals surface area contributed by atoms with Crippen LogP contribution in [0.3, 0.4) is 0 Å². The Morgan fingerprint density at radius 2 is 2.00 bits per heavy atom. The summed E-state index contributed by atoms with van der Waals surface area (Å²) in [6.07, 6.45) is -0.752. The average molecular weight is 161 g/mol. The highest BCUT2D eigenvalue weighted by molar-refractivity contribution is 5.59. The normalized spacial score (nSPS) is 16.3. The van der Waals surface area contributed by atoms with Gasteiger partial charge in [-0.15, -0.1) is 0 Å². The highest BCUT2D eigenvalue weighted by Crippen LogP contribution is 1.90. The Bertz CT molecular complexity index is 150. The number of nitrogens with two attached hydrogens (primary N) is 1. The van der Waals surface area contributed by atoms with Crippen molar-refractivity contribution in [3.63, 3.8) is 0 Å². The van der Waals surface area contributed by atoms with E-state index in [9.17, 15) is 5.11 Å². The van der Waals surface area contributed by atoms with Crippen molar-refractivity contribution in [2.75, 3.05) is 7.05 Å². The molecule has 1 unspecified atom stereocenters. The summed E-state index contributed by atoms with van der Waals surface area (Å²) in [5.74, 6) is 4.61. The zero-order chi connectivity index (χ0) is 9.07. The molecule has 0 amide bonds. The molecule has 0 aliphatic rings. The van der Waals surface area contributed by atoms with E-state index in [1.807, 2.05) is 20.8 Å². The van der Waals surface area contributed by atoms with E-state index in [-0.39, 0.29) is 5.54 Å². The predicted molar refractivity (Wildman–Crippen MR) is 39.3 cm³/mol. The van der Waals surface area contributed by atoms with Gasteiger partial charge in [0.2, 0.25) is 6.08 Å². The second kappa shape index (κ2) is 3.54. The van der Waals surface area contributed by atoms with Crippen LogP contribution in [-0.2, 0) is 4.84 Å². The molecule has 5 nitrogen and oxygen atoms in total. The van der Waals surface area contributed by atoms with Gasteiger partial charge in [-0.2, -0.15) is 0 Å². The van der Waals surface area contributed by atoms with Gasteiger partial charge in [0.25, 0.3) is 0 Å². The fourth-order valence-corrected chi connectivity index (χ4v) is 0.331. The van der Waals surface area contributed by atoms with Gasteiger partial charge in [0.05, 0.1) is 7.05 Å². The van der Waals surface area contributed by atoms with E-state index in [1.165, 1.54) is 0 Å². The number of quaternary nitrogens is 1. The van der Waals surface area contributed by atoms with Crippen LogP contribution in [0.25, 0.3) is 0 Å². The van der Waals surface area contributed by atoms with Crippen molar-refractivity contribution < 1.29 is 15.0 Å². The van der Waals surface area contributed by atoms with Crippen molar-refractivity contribution in [1.29, 1.82) is 0 Å². The summed E-state index contributed by atoms with van der Waals surface area (Å²) in [6, 6.07) is 0. The van der Waals surface area contributed by atoms with Crippen molar-refractivity contribution in [1.82, 2.24) is 0 Å². The van der Waals surface area contributed by atoms with Crippen molar-refractivity contribution in [3.05, 3.63) is 0 Å². The Morgan fingerprint density at radius 1 is 1.55 bits per heavy atom. The molecule has 0 aliphatic carbocycles. The SMILES string of the molecule is C[NH+](N=C([O-])ON)C(C)(C)C. The van der Waals surface area contributed by atoms with E-state index in [0.29, 0.717) is 5.01 Å². The van der Waals surface area contributed by atoms with Crippen LogP contribution in [0.5, 0.6) is 0 Å². The van der Waals surface area contributed by atoms with Crippen LogP contribution in [0.15, 0.2) is 5.10 Å². The molecule has 66 valence electrons. The summed E-state index contributed by atoms with van der Waals surface area (Å²) < 4.78 is 0. The zero-order valence-electron chi connectivity index (χ0n) is 7.34. The molecule has 0 aromatic carbocycles. The molecule has 0 fully saturated rings. The van der Waals surface area contributed by atoms with Crippen LogP contribution in [-0.4, -0.2) is 18.7 Å². The second-order valence-corrected chi connectivity index (χ2v) is 3.33. The van der Waals surface area contributed by atoms with E-state index < -0.39 is 6.08 Å². The first kappa shape index (κ1) is 10.2. The maximum absolute atomic E-state index is 10.5. The molecule has 3 N–H and O–H groups in total.